The molecule has 2 amide bonds. The fraction of sp³-hybridized carbons (Fsp3) is 0.538. The molecule has 1 unspecified atom stereocenters. The van der Waals surface area contributed by atoms with Crippen LogP contribution in [0.4, 0.5) is 11.6 Å². The van der Waals surface area contributed by atoms with Crippen molar-refractivity contribution >= 4 is 23.5 Å². The molecule has 3 N–H and O–H groups in total. The van der Waals surface area contributed by atoms with Gasteiger partial charge in [-0.3, -0.25) is 14.9 Å². The first kappa shape index (κ1) is 14.2. The summed E-state index contributed by atoms with van der Waals surface area (Å²) in [6, 6.07) is 1.34. The van der Waals surface area contributed by atoms with Crippen LogP contribution in [-0.4, -0.2) is 34.4 Å². The second-order valence-electron chi connectivity index (χ2n) is 4.59. The maximum Gasteiger partial charge on any atom is 0.249 e. The van der Waals surface area contributed by atoms with E-state index in [0.29, 0.717) is 30.9 Å². The third-order valence-corrected chi connectivity index (χ3v) is 3.01. The summed E-state index contributed by atoms with van der Waals surface area (Å²) in [7, 11) is 0. The van der Waals surface area contributed by atoms with E-state index in [0.717, 1.165) is 12.4 Å². The number of aryl methyl sites for hydroxylation is 1. The van der Waals surface area contributed by atoms with Gasteiger partial charge in [-0.1, -0.05) is 6.92 Å². The number of amides is 2. The number of aromatic nitrogens is 2. The summed E-state index contributed by atoms with van der Waals surface area (Å²) in [5, 5.41) is 8.52. The van der Waals surface area contributed by atoms with E-state index in [-0.39, 0.29) is 11.8 Å². The van der Waals surface area contributed by atoms with E-state index < -0.39 is 6.04 Å². The summed E-state index contributed by atoms with van der Waals surface area (Å²) < 4.78 is 0. The molecule has 7 heteroatoms. The average molecular weight is 277 g/mol. The van der Waals surface area contributed by atoms with Gasteiger partial charge in [-0.05, 0) is 13.3 Å². The standard InChI is InChI=1S/C13H19N5O2/c1-3-9-16-10(14-4-2)7-11(17-9)15-8-5-6-12(19)18-13(8)20/h7-8H,3-6H2,1-2H3,(H,18,19,20)(H2,14,15,16,17). The average Bonchev–Trinajstić information content (AvgIpc) is 2.42. The van der Waals surface area contributed by atoms with Gasteiger partial charge in [0.05, 0.1) is 0 Å². The Morgan fingerprint density at radius 3 is 2.70 bits per heavy atom. The monoisotopic (exact) mass is 277 g/mol. The van der Waals surface area contributed by atoms with E-state index in [2.05, 4.69) is 25.9 Å². The maximum absolute atomic E-state index is 11.7. The van der Waals surface area contributed by atoms with Gasteiger partial charge in [-0.25, -0.2) is 9.97 Å². The minimum atomic E-state index is -0.429. The fourth-order valence-electron chi connectivity index (χ4n) is 2.01. The Bertz CT molecular complexity index is 517. The molecule has 1 aliphatic heterocycles. The molecule has 0 aliphatic carbocycles. The zero-order valence-electron chi connectivity index (χ0n) is 11.7. The normalized spacial score (nSPS) is 18.6. The van der Waals surface area contributed by atoms with Gasteiger partial charge >= 0.3 is 0 Å². The molecule has 1 fully saturated rings. The Balaban J connectivity index is 2.13. The van der Waals surface area contributed by atoms with E-state index in [4.69, 9.17) is 0 Å². The van der Waals surface area contributed by atoms with Gasteiger partial charge in [0, 0.05) is 25.5 Å². The van der Waals surface area contributed by atoms with Crippen molar-refractivity contribution in [3.63, 3.8) is 0 Å². The smallest absolute Gasteiger partial charge is 0.249 e. The number of hydrogen-bond acceptors (Lipinski definition) is 6. The van der Waals surface area contributed by atoms with Gasteiger partial charge in [0.15, 0.2) is 0 Å². The lowest BCUT2D eigenvalue weighted by Crippen LogP contribution is -2.47. The van der Waals surface area contributed by atoms with Crippen LogP contribution in [0.25, 0.3) is 0 Å². The number of rotatable bonds is 5. The van der Waals surface area contributed by atoms with Crippen molar-refractivity contribution in [3.05, 3.63) is 11.9 Å². The first-order valence-corrected chi connectivity index (χ1v) is 6.84. The fourth-order valence-corrected chi connectivity index (χ4v) is 2.01. The predicted molar refractivity (Wildman–Crippen MR) is 75.4 cm³/mol. The highest BCUT2D eigenvalue weighted by atomic mass is 16.2. The zero-order chi connectivity index (χ0) is 14.5. The molecule has 1 atom stereocenters. The molecular formula is C13H19N5O2. The van der Waals surface area contributed by atoms with E-state index in [1.54, 1.807) is 6.07 Å². The minimum Gasteiger partial charge on any atom is -0.370 e. The van der Waals surface area contributed by atoms with E-state index in [1.165, 1.54) is 0 Å². The van der Waals surface area contributed by atoms with Crippen LogP contribution in [-0.2, 0) is 16.0 Å². The molecule has 1 aliphatic rings. The second-order valence-corrected chi connectivity index (χ2v) is 4.59. The molecule has 0 bridgehead atoms. The van der Waals surface area contributed by atoms with Gasteiger partial charge in [-0.2, -0.15) is 0 Å². The largest absolute Gasteiger partial charge is 0.370 e. The molecule has 20 heavy (non-hydrogen) atoms. The Labute approximate surface area is 117 Å². The van der Waals surface area contributed by atoms with E-state index in [9.17, 15) is 9.59 Å². The Morgan fingerprint density at radius 2 is 2.05 bits per heavy atom. The summed E-state index contributed by atoms with van der Waals surface area (Å²) in [6.07, 6.45) is 1.53. The summed E-state index contributed by atoms with van der Waals surface area (Å²) in [4.78, 5) is 31.5. The van der Waals surface area contributed by atoms with Crippen molar-refractivity contribution in [1.82, 2.24) is 15.3 Å². The summed E-state index contributed by atoms with van der Waals surface area (Å²) >= 11 is 0. The van der Waals surface area contributed by atoms with Crippen LogP contribution in [0.2, 0.25) is 0 Å². The molecule has 0 spiro atoms. The highest BCUT2D eigenvalue weighted by Crippen LogP contribution is 2.15. The lowest BCUT2D eigenvalue weighted by molar-refractivity contribution is -0.133. The van der Waals surface area contributed by atoms with Crippen LogP contribution in [0, 0.1) is 0 Å². The topological polar surface area (TPSA) is 96.0 Å². The first-order valence-electron chi connectivity index (χ1n) is 6.84. The van der Waals surface area contributed by atoms with Crippen molar-refractivity contribution in [2.75, 3.05) is 17.2 Å². The quantitative estimate of drug-likeness (QED) is 0.685. The van der Waals surface area contributed by atoms with Crippen molar-refractivity contribution in [3.8, 4) is 0 Å². The molecule has 1 aromatic heterocycles. The molecule has 108 valence electrons. The number of imide groups is 1. The molecule has 1 aromatic rings. The third-order valence-electron chi connectivity index (χ3n) is 3.01. The van der Waals surface area contributed by atoms with Crippen LogP contribution in [0.3, 0.4) is 0 Å². The summed E-state index contributed by atoms with van der Waals surface area (Å²) in [5.41, 5.74) is 0. The molecule has 0 aromatic carbocycles. The highest BCUT2D eigenvalue weighted by molar-refractivity contribution is 6.01. The number of nitrogens with one attached hydrogen (secondary N) is 3. The predicted octanol–water partition coefficient (Wildman–Crippen LogP) is 0.688. The lowest BCUT2D eigenvalue weighted by Gasteiger charge is -2.22. The third kappa shape index (κ3) is 3.43. The second kappa shape index (κ2) is 6.31. The number of piperidine rings is 1. The first-order chi connectivity index (χ1) is 9.62. The van der Waals surface area contributed by atoms with Crippen LogP contribution in [0.15, 0.2) is 6.07 Å². The van der Waals surface area contributed by atoms with Crippen molar-refractivity contribution in [1.29, 1.82) is 0 Å². The maximum atomic E-state index is 11.7. The van der Waals surface area contributed by atoms with Gasteiger partial charge in [0.2, 0.25) is 11.8 Å². The zero-order valence-corrected chi connectivity index (χ0v) is 11.7. The van der Waals surface area contributed by atoms with E-state index in [1.807, 2.05) is 13.8 Å². The molecule has 0 radical (unpaired) electrons. The molecule has 2 rings (SSSR count). The van der Waals surface area contributed by atoms with Crippen LogP contribution >= 0.6 is 0 Å². The number of nitrogens with zero attached hydrogens (tertiary/aromatic N) is 2. The van der Waals surface area contributed by atoms with Crippen LogP contribution in [0.5, 0.6) is 0 Å². The van der Waals surface area contributed by atoms with Gasteiger partial charge in [0.1, 0.15) is 23.5 Å². The highest BCUT2D eigenvalue weighted by Gasteiger charge is 2.26. The van der Waals surface area contributed by atoms with Gasteiger partial charge in [0.25, 0.3) is 0 Å². The molecule has 0 saturated carbocycles. The van der Waals surface area contributed by atoms with E-state index >= 15 is 0 Å². The Kier molecular flexibility index (Phi) is 4.49. The Morgan fingerprint density at radius 1 is 1.30 bits per heavy atom. The summed E-state index contributed by atoms with van der Waals surface area (Å²) in [6.45, 7) is 4.72. The minimum absolute atomic E-state index is 0.224. The summed E-state index contributed by atoms with van der Waals surface area (Å²) in [5.74, 6) is 1.51. The number of hydrogen-bond donors (Lipinski definition) is 3. The van der Waals surface area contributed by atoms with Gasteiger partial charge < -0.3 is 10.6 Å². The number of anilines is 2. The molecular weight excluding hydrogens is 258 g/mol. The lowest BCUT2D eigenvalue weighted by atomic mass is 10.1. The van der Waals surface area contributed by atoms with Crippen molar-refractivity contribution < 1.29 is 9.59 Å². The van der Waals surface area contributed by atoms with Crippen molar-refractivity contribution in [2.45, 2.75) is 39.2 Å². The SMILES string of the molecule is CCNc1cc(NC2CCC(=O)NC2=O)nc(CC)n1. The van der Waals surface area contributed by atoms with Crippen LogP contribution in [0.1, 0.15) is 32.5 Å². The molecule has 1 saturated heterocycles. The number of carbonyl (C=O) groups is 2. The Hall–Kier alpha value is -2.18. The van der Waals surface area contributed by atoms with Gasteiger partial charge in [-0.15, -0.1) is 0 Å². The number of carbonyl (C=O) groups excluding carboxylic acids is 2. The van der Waals surface area contributed by atoms with Crippen LogP contribution < -0.4 is 16.0 Å². The molecule has 2 heterocycles. The van der Waals surface area contributed by atoms with Crippen molar-refractivity contribution in [2.24, 2.45) is 0 Å². The molecule has 7 nitrogen and oxygen atoms in total.